The largest absolute Gasteiger partial charge is 0.396 e. The standard InChI is InChI=1S/C17H25ClN2O2/c1-13(3-2-12-21)19-16-8-10-20(11-9-16)17(22)14-4-6-15(18)7-5-14/h4-7,13,16,19,21H,2-3,8-12H2,1H3. The molecule has 22 heavy (non-hydrogen) atoms. The van der Waals surface area contributed by atoms with E-state index in [1.165, 1.54) is 0 Å². The van der Waals surface area contributed by atoms with Gasteiger partial charge in [0.25, 0.3) is 5.91 Å². The lowest BCUT2D eigenvalue weighted by atomic mass is 10.0. The molecule has 122 valence electrons. The van der Waals surface area contributed by atoms with Crippen molar-refractivity contribution in [2.75, 3.05) is 19.7 Å². The minimum Gasteiger partial charge on any atom is -0.396 e. The quantitative estimate of drug-likeness (QED) is 0.846. The number of carbonyl (C=O) groups is 1. The van der Waals surface area contributed by atoms with Crippen molar-refractivity contribution >= 4 is 17.5 Å². The Labute approximate surface area is 137 Å². The van der Waals surface area contributed by atoms with E-state index in [4.69, 9.17) is 16.7 Å². The summed E-state index contributed by atoms with van der Waals surface area (Å²) in [6.45, 7) is 3.97. The van der Waals surface area contributed by atoms with Crippen molar-refractivity contribution in [3.05, 3.63) is 34.9 Å². The molecular formula is C17H25ClN2O2. The summed E-state index contributed by atoms with van der Waals surface area (Å²) in [6, 6.07) is 7.95. The highest BCUT2D eigenvalue weighted by Crippen LogP contribution is 2.16. The van der Waals surface area contributed by atoms with E-state index in [1.807, 2.05) is 4.90 Å². The highest BCUT2D eigenvalue weighted by molar-refractivity contribution is 6.30. The number of carbonyl (C=O) groups excluding carboxylic acids is 1. The summed E-state index contributed by atoms with van der Waals surface area (Å²) in [5.74, 6) is 0.0865. The van der Waals surface area contributed by atoms with Crippen LogP contribution >= 0.6 is 11.6 Å². The SMILES string of the molecule is CC(CCCO)NC1CCN(C(=O)c2ccc(Cl)cc2)CC1. The van der Waals surface area contributed by atoms with Crippen LogP contribution in [-0.4, -0.2) is 47.7 Å². The molecule has 1 heterocycles. The smallest absolute Gasteiger partial charge is 0.253 e. The fourth-order valence-electron chi connectivity index (χ4n) is 2.91. The van der Waals surface area contributed by atoms with Crippen LogP contribution in [0.5, 0.6) is 0 Å². The fraction of sp³-hybridized carbons (Fsp3) is 0.588. The van der Waals surface area contributed by atoms with Gasteiger partial charge in [0.05, 0.1) is 0 Å². The Kier molecular flexibility index (Phi) is 6.68. The van der Waals surface area contributed by atoms with Crippen molar-refractivity contribution in [2.24, 2.45) is 0 Å². The summed E-state index contributed by atoms with van der Waals surface area (Å²) in [7, 11) is 0. The van der Waals surface area contributed by atoms with E-state index in [2.05, 4.69) is 12.2 Å². The maximum atomic E-state index is 12.4. The maximum Gasteiger partial charge on any atom is 0.253 e. The van der Waals surface area contributed by atoms with Crippen LogP contribution in [0.2, 0.25) is 5.02 Å². The minimum absolute atomic E-state index is 0.0865. The average Bonchev–Trinajstić information content (AvgIpc) is 2.54. The van der Waals surface area contributed by atoms with Crippen LogP contribution < -0.4 is 5.32 Å². The summed E-state index contributed by atoms with van der Waals surface area (Å²) >= 11 is 5.86. The average molecular weight is 325 g/mol. The van der Waals surface area contributed by atoms with Crippen LogP contribution in [0.3, 0.4) is 0 Å². The highest BCUT2D eigenvalue weighted by Gasteiger charge is 2.24. The molecule has 1 atom stereocenters. The van der Waals surface area contributed by atoms with Crippen LogP contribution in [0, 0.1) is 0 Å². The molecule has 0 saturated carbocycles. The Balaban J connectivity index is 1.79. The van der Waals surface area contributed by atoms with Gasteiger partial charge in [-0.25, -0.2) is 0 Å². The second kappa shape index (κ2) is 8.51. The predicted molar refractivity (Wildman–Crippen MR) is 89.3 cm³/mol. The second-order valence-corrected chi connectivity index (χ2v) is 6.44. The van der Waals surface area contributed by atoms with E-state index >= 15 is 0 Å². The Bertz CT molecular complexity index is 470. The number of piperidine rings is 1. The van der Waals surface area contributed by atoms with Crippen molar-refractivity contribution < 1.29 is 9.90 Å². The van der Waals surface area contributed by atoms with Gasteiger partial charge in [-0.05, 0) is 56.9 Å². The van der Waals surface area contributed by atoms with Crippen molar-refractivity contribution in [1.29, 1.82) is 0 Å². The van der Waals surface area contributed by atoms with Crippen molar-refractivity contribution in [3.63, 3.8) is 0 Å². The van der Waals surface area contributed by atoms with Gasteiger partial charge >= 0.3 is 0 Å². The summed E-state index contributed by atoms with van der Waals surface area (Å²) in [5.41, 5.74) is 0.701. The normalized spacial score (nSPS) is 17.5. The third-order valence-corrected chi connectivity index (χ3v) is 4.44. The Hall–Kier alpha value is -1.10. The van der Waals surface area contributed by atoms with Gasteiger partial charge in [-0.2, -0.15) is 0 Å². The number of halogens is 1. The molecule has 1 saturated heterocycles. The molecule has 0 radical (unpaired) electrons. The second-order valence-electron chi connectivity index (χ2n) is 6.01. The number of hydrogen-bond acceptors (Lipinski definition) is 3. The Morgan fingerprint density at radius 2 is 2.00 bits per heavy atom. The molecule has 1 aromatic rings. The first-order valence-electron chi connectivity index (χ1n) is 8.02. The van der Waals surface area contributed by atoms with Gasteiger partial charge in [-0.3, -0.25) is 4.79 Å². The summed E-state index contributed by atoms with van der Waals surface area (Å²) in [6.07, 6.45) is 3.77. The van der Waals surface area contributed by atoms with Gasteiger partial charge in [0.1, 0.15) is 0 Å². The van der Waals surface area contributed by atoms with Gasteiger partial charge in [-0.1, -0.05) is 11.6 Å². The molecule has 0 aliphatic carbocycles. The van der Waals surface area contributed by atoms with Gasteiger partial charge in [-0.15, -0.1) is 0 Å². The zero-order valence-corrected chi connectivity index (χ0v) is 13.9. The van der Waals surface area contributed by atoms with Crippen LogP contribution in [0.15, 0.2) is 24.3 Å². The number of benzene rings is 1. The Morgan fingerprint density at radius 1 is 1.36 bits per heavy atom. The van der Waals surface area contributed by atoms with Crippen molar-refractivity contribution in [1.82, 2.24) is 10.2 Å². The maximum absolute atomic E-state index is 12.4. The van der Waals surface area contributed by atoms with Gasteiger partial charge in [0.2, 0.25) is 0 Å². The topological polar surface area (TPSA) is 52.6 Å². The molecular weight excluding hydrogens is 300 g/mol. The molecule has 0 spiro atoms. The third-order valence-electron chi connectivity index (χ3n) is 4.19. The molecule has 1 aliphatic rings. The number of hydrogen-bond donors (Lipinski definition) is 2. The van der Waals surface area contributed by atoms with Gasteiger partial charge in [0.15, 0.2) is 0 Å². The van der Waals surface area contributed by atoms with Gasteiger partial charge < -0.3 is 15.3 Å². The Morgan fingerprint density at radius 3 is 2.59 bits per heavy atom. The summed E-state index contributed by atoms with van der Waals surface area (Å²) in [4.78, 5) is 14.3. The highest BCUT2D eigenvalue weighted by atomic mass is 35.5. The molecule has 1 amide bonds. The lowest BCUT2D eigenvalue weighted by Crippen LogP contribution is -2.47. The van der Waals surface area contributed by atoms with E-state index < -0.39 is 0 Å². The molecule has 0 bridgehead atoms. The van der Waals surface area contributed by atoms with E-state index in [-0.39, 0.29) is 12.5 Å². The molecule has 2 rings (SSSR count). The number of nitrogens with zero attached hydrogens (tertiary/aromatic N) is 1. The first-order chi connectivity index (χ1) is 10.6. The molecule has 1 fully saturated rings. The number of likely N-dealkylation sites (tertiary alicyclic amines) is 1. The van der Waals surface area contributed by atoms with E-state index in [0.717, 1.165) is 38.8 Å². The number of amides is 1. The summed E-state index contributed by atoms with van der Waals surface area (Å²) < 4.78 is 0. The van der Waals surface area contributed by atoms with E-state index in [0.29, 0.717) is 22.7 Å². The van der Waals surface area contributed by atoms with Crippen LogP contribution in [0.25, 0.3) is 0 Å². The number of rotatable bonds is 6. The summed E-state index contributed by atoms with van der Waals surface area (Å²) in [5, 5.41) is 13.1. The lowest BCUT2D eigenvalue weighted by Gasteiger charge is -2.34. The van der Waals surface area contributed by atoms with Crippen LogP contribution in [0.1, 0.15) is 43.0 Å². The number of aliphatic hydroxyl groups excluding tert-OH is 1. The molecule has 5 heteroatoms. The van der Waals surface area contributed by atoms with E-state index in [1.54, 1.807) is 24.3 Å². The number of nitrogens with one attached hydrogen (secondary N) is 1. The van der Waals surface area contributed by atoms with E-state index in [9.17, 15) is 4.79 Å². The molecule has 0 aromatic heterocycles. The molecule has 2 N–H and O–H groups in total. The monoisotopic (exact) mass is 324 g/mol. The number of aliphatic hydroxyl groups is 1. The molecule has 1 unspecified atom stereocenters. The molecule has 4 nitrogen and oxygen atoms in total. The first kappa shape index (κ1) is 17.3. The van der Waals surface area contributed by atoms with Crippen molar-refractivity contribution in [2.45, 2.75) is 44.7 Å². The van der Waals surface area contributed by atoms with Gasteiger partial charge in [0, 0.05) is 42.4 Å². The fourth-order valence-corrected chi connectivity index (χ4v) is 3.03. The lowest BCUT2D eigenvalue weighted by molar-refractivity contribution is 0.0701. The minimum atomic E-state index is 0.0865. The predicted octanol–water partition coefficient (Wildman–Crippen LogP) is 2.70. The van der Waals surface area contributed by atoms with Crippen LogP contribution in [0.4, 0.5) is 0 Å². The first-order valence-corrected chi connectivity index (χ1v) is 8.39. The van der Waals surface area contributed by atoms with Crippen LogP contribution in [-0.2, 0) is 0 Å². The van der Waals surface area contributed by atoms with Crippen molar-refractivity contribution in [3.8, 4) is 0 Å². The molecule has 1 aliphatic heterocycles. The third kappa shape index (κ3) is 4.97. The molecule has 1 aromatic carbocycles. The zero-order valence-electron chi connectivity index (χ0n) is 13.1. The zero-order chi connectivity index (χ0) is 15.9.